The molecule has 3 nitrogen and oxygen atoms in total. The van der Waals surface area contributed by atoms with E-state index in [0.29, 0.717) is 0 Å². The summed E-state index contributed by atoms with van der Waals surface area (Å²) in [6.07, 6.45) is -4.63. The summed E-state index contributed by atoms with van der Waals surface area (Å²) in [4.78, 5) is 0. The molecular weight excluding hydrogens is 257 g/mol. The highest BCUT2D eigenvalue weighted by atomic mass is 19.4. The van der Waals surface area contributed by atoms with Crippen molar-refractivity contribution in [3.8, 4) is 11.3 Å². The molecule has 1 aromatic carbocycles. The maximum atomic E-state index is 12.4. The van der Waals surface area contributed by atoms with E-state index in [1.807, 2.05) is 6.92 Å². The molecule has 2 aromatic rings. The van der Waals surface area contributed by atoms with Crippen LogP contribution in [-0.2, 0) is 6.42 Å². The number of H-pyrrole nitrogens is 1. The van der Waals surface area contributed by atoms with Gasteiger partial charge >= 0.3 is 6.18 Å². The van der Waals surface area contributed by atoms with Crippen LogP contribution in [0.2, 0.25) is 0 Å². The van der Waals surface area contributed by atoms with Gasteiger partial charge in [0.2, 0.25) is 0 Å². The van der Waals surface area contributed by atoms with Gasteiger partial charge in [0.15, 0.2) is 6.10 Å². The van der Waals surface area contributed by atoms with Crippen molar-refractivity contribution in [1.29, 1.82) is 0 Å². The van der Waals surface area contributed by atoms with E-state index >= 15 is 0 Å². The largest absolute Gasteiger partial charge is 0.418 e. The third-order valence-corrected chi connectivity index (χ3v) is 2.92. The highest BCUT2D eigenvalue weighted by molar-refractivity contribution is 5.63. The van der Waals surface area contributed by atoms with Crippen LogP contribution in [0.3, 0.4) is 0 Å². The van der Waals surface area contributed by atoms with Gasteiger partial charge in [0.25, 0.3) is 0 Å². The number of aromatic amines is 1. The second kappa shape index (κ2) is 5.05. The molecule has 1 aromatic heterocycles. The van der Waals surface area contributed by atoms with E-state index in [9.17, 15) is 13.2 Å². The van der Waals surface area contributed by atoms with Gasteiger partial charge in [0.05, 0.1) is 11.9 Å². The van der Waals surface area contributed by atoms with Gasteiger partial charge in [-0.2, -0.15) is 18.3 Å². The van der Waals surface area contributed by atoms with Gasteiger partial charge in [-0.3, -0.25) is 5.10 Å². The van der Waals surface area contributed by atoms with Crippen LogP contribution in [0.15, 0.2) is 30.5 Å². The molecule has 2 N–H and O–H groups in total. The van der Waals surface area contributed by atoms with Crippen LogP contribution < -0.4 is 0 Å². The molecule has 0 spiro atoms. The smallest absolute Gasteiger partial charge is 0.379 e. The first-order chi connectivity index (χ1) is 8.93. The number of benzene rings is 1. The van der Waals surface area contributed by atoms with Crippen LogP contribution in [0.4, 0.5) is 13.2 Å². The molecule has 0 saturated carbocycles. The van der Waals surface area contributed by atoms with E-state index in [2.05, 4.69) is 10.2 Å². The third-order valence-electron chi connectivity index (χ3n) is 2.92. The first-order valence-electron chi connectivity index (χ1n) is 5.81. The fourth-order valence-electron chi connectivity index (χ4n) is 1.85. The molecule has 1 heterocycles. The van der Waals surface area contributed by atoms with E-state index in [4.69, 9.17) is 5.11 Å². The van der Waals surface area contributed by atoms with Crippen molar-refractivity contribution in [3.63, 3.8) is 0 Å². The van der Waals surface area contributed by atoms with Gasteiger partial charge in [-0.15, -0.1) is 0 Å². The zero-order chi connectivity index (χ0) is 14.0. The Labute approximate surface area is 108 Å². The maximum Gasteiger partial charge on any atom is 0.418 e. The van der Waals surface area contributed by atoms with Crippen LogP contribution in [0.5, 0.6) is 0 Å². The Bertz CT molecular complexity index is 546. The summed E-state index contributed by atoms with van der Waals surface area (Å²) in [6, 6.07) is 5.62. The number of aryl methyl sites for hydroxylation is 1. The van der Waals surface area contributed by atoms with Crippen molar-refractivity contribution in [2.75, 3.05) is 0 Å². The average Bonchev–Trinajstić information content (AvgIpc) is 2.85. The van der Waals surface area contributed by atoms with Crippen LogP contribution >= 0.6 is 0 Å². The van der Waals surface area contributed by atoms with Crippen LogP contribution in [-0.4, -0.2) is 21.5 Å². The second-order valence-electron chi connectivity index (χ2n) is 4.19. The van der Waals surface area contributed by atoms with Crippen molar-refractivity contribution < 1.29 is 18.3 Å². The second-order valence-corrected chi connectivity index (χ2v) is 4.19. The summed E-state index contributed by atoms with van der Waals surface area (Å²) in [5, 5.41) is 15.9. The number of aliphatic hydroxyl groups excluding tert-OH is 1. The van der Waals surface area contributed by atoms with Gasteiger partial charge in [-0.1, -0.05) is 31.2 Å². The number of aliphatic hydroxyl groups is 1. The number of nitrogens with zero attached hydrogens (tertiary/aromatic N) is 1. The van der Waals surface area contributed by atoms with Crippen LogP contribution in [0.25, 0.3) is 11.3 Å². The van der Waals surface area contributed by atoms with Crippen molar-refractivity contribution in [2.45, 2.75) is 25.6 Å². The molecule has 102 valence electrons. The van der Waals surface area contributed by atoms with E-state index in [1.54, 1.807) is 6.20 Å². The van der Waals surface area contributed by atoms with E-state index in [-0.39, 0.29) is 5.56 Å². The molecule has 0 aliphatic heterocycles. The highest BCUT2D eigenvalue weighted by Gasteiger charge is 2.39. The molecule has 0 bridgehead atoms. The Balaban J connectivity index is 2.29. The lowest BCUT2D eigenvalue weighted by Crippen LogP contribution is -2.19. The Morgan fingerprint density at radius 2 is 1.89 bits per heavy atom. The third kappa shape index (κ3) is 2.78. The van der Waals surface area contributed by atoms with Gasteiger partial charge in [0.1, 0.15) is 0 Å². The molecule has 0 saturated heterocycles. The number of aromatic nitrogens is 2. The zero-order valence-corrected chi connectivity index (χ0v) is 10.2. The van der Waals surface area contributed by atoms with Crippen molar-refractivity contribution in [3.05, 3.63) is 41.6 Å². The molecule has 0 aliphatic rings. The molecule has 0 radical (unpaired) electrons. The minimum Gasteiger partial charge on any atom is -0.379 e. The number of rotatable bonds is 3. The molecule has 0 aliphatic carbocycles. The summed E-state index contributed by atoms with van der Waals surface area (Å²) >= 11 is 0. The summed E-state index contributed by atoms with van der Waals surface area (Å²) in [5.41, 5.74) is 2.35. The number of hydrogen-bond acceptors (Lipinski definition) is 2. The monoisotopic (exact) mass is 270 g/mol. The van der Waals surface area contributed by atoms with Crippen LogP contribution in [0.1, 0.15) is 24.2 Å². The number of alkyl halides is 3. The molecule has 19 heavy (non-hydrogen) atoms. The lowest BCUT2D eigenvalue weighted by molar-refractivity contribution is -0.206. The molecule has 1 atom stereocenters. The number of nitrogens with one attached hydrogen (secondary N) is 1. The minimum atomic E-state index is -4.65. The van der Waals surface area contributed by atoms with Gasteiger partial charge in [-0.25, -0.2) is 0 Å². The van der Waals surface area contributed by atoms with Crippen molar-refractivity contribution in [1.82, 2.24) is 10.2 Å². The Morgan fingerprint density at radius 1 is 1.26 bits per heavy atom. The maximum absolute atomic E-state index is 12.4. The Kier molecular flexibility index (Phi) is 3.61. The normalized spacial score (nSPS) is 13.5. The highest BCUT2D eigenvalue weighted by Crippen LogP contribution is 2.33. The molecule has 1 unspecified atom stereocenters. The number of halogens is 3. The Morgan fingerprint density at radius 3 is 2.42 bits per heavy atom. The molecular formula is C13H13F3N2O. The first-order valence-corrected chi connectivity index (χ1v) is 5.81. The predicted octanol–water partition coefficient (Wildman–Crippen LogP) is 3.23. The van der Waals surface area contributed by atoms with Gasteiger partial charge in [0, 0.05) is 0 Å². The summed E-state index contributed by atoms with van der Waals surface area (Å²) in [6.45, 7) is 1.97. The standard InChI is InChI=1S/C13H13F3N2O/c1-2-8-7-17-18-11(8)9-3-5-10(6-4-9)12(19)13(14,15)16/h3-7,12,19H,2H2,1H3,(H,17,18). The number of hydrogen-bond donors (Lipinski definition) is 2. The SMILES string of the molecule is CCc1cn[nH]c1-c1ccc(C(O)C(F)(F)F)cc1. The van der Waals surface area contributed by atoms with E-state index in [1.165, 1.54) is 24.3 Å². The zero-order valence-electron chi connectivity index (χ0n) is 10.2. The van der Waals surface area contributed by atoms with Crippen molar-refractivity contribution in [2.24, 2.45) is 0 Å². The van der Waals surface area contributed by atoms with Crippen LogP contribution in [0, 0.1) is 0 Å². The lowest BCUT2D eigenvalue weighted by Gasteiger charge is -2.15. The summed E-state index contributed by atoms with van der Waals surface area (Å²) in [7, 11) is 0. The summed E-state index contributed by atoms with van der Waals surface area (Å²) < 4.78 is 37.1. The first kappa shape index (κ1) is 13.6. The van der Waals surface area contributed by atoms with Gasteiger partial charge in [-0.05, 0) is 23.1 Å². The summed E-state index contributed by atoms with van der Waals surface area (Å²) in [5.74, 6) is 0. The lowest BCUT2D eigenvalue weighted by atomic mass is 10.0. The molecule has 6 heteroatoms. The predicted molar refractivity (Wildman–Crippen MR) is 64.4 cm³/mol. The fourth-order valence-corrected chi connectivity index (χ4v) is 1.85. The van der Waals surface area contributed by atoms with Gasteiger partial charge < -0.3 is 5.11 Å². The fraction of sp³-hybridized carbons (Fsp3) is 0.308. The minimum absolute atomic E-state index is 0.172. The quantitative estimate of drug-likeness (QED) is 0.899. The van der Waals surface area contributed by atoms with E-state index in [0.717, 1.165) is 23.2 Å². The van der Waals surface area contributed by atoms with E-state index < -0.39 is 12.3 Å². The topological polar surface area (TPSA) is 48.9 Å². The molecule has 0 amide bonds. The average molecular weight is 270 g/mol. The molecule has 2 rings (SSSR count). The molecule has 0 fully saturated rings. The van der Waals surface area contributed by atoms with Crippen molar-refractivity contribution >= 4 is 0 Å². The Hall–Kier alpha value is -1.82.